The number of pyridine rings is 1. The molecule has 2 rings (SSSR count). The second-order valence-electron chi connectivity index (χ2n) is 4.88. The van der Waals surface area contributed by atoms with Gasteiger partial charge in [-0.1, -0.05) is 13.0 Å². The molecule has 0 bridgehead atoms. The van der Waals surface area contributed by atoms with Gasteiger partial charge in [-0.15, -0.1) is 0 Å². The molecule has 4 nitrogen and oxygen atoms in total. The van der Waals surface area contributed by atoms with Crippen molar-refractivity contribution in [2.45, 2.75) is 32.4 Å². The van der Waals surface area contributed by atoms with Gasteiger partial charge in [-0.3, -0.25) is 4.79 Å². The van der Waals surface area contributed by atoms with E-state index in [0.29, 0.717) is 12.0 Å². The molecule has 2 atom stereocenters. The Bertz CT molecular complexity index is 410. The Labute approximate surface area is 108 Å². The number of nitrogens with zero attached hydrogens (tertiary/aromatic N) is 1. The minimum absolute atomic E-state index is 0.0692. The third-order valence-corrected chi connectivity index (χ3v) is 3.48. The second kappa shape index (κ2) is 6.71. The topological polar surface area (TPSA) is 43.3 Å². The number of hydrogen-bond acceptors (Lipinski definition) is 3. The molecule has 1 N–H and O–H groups in total. The summed E-state index contributed by atoms with van der Waals surface area (Å²) in [6.07, 6.45) is 4.05. The van der Waals surface area contributed by atoms with Crippen molar-refractivity contribution in [1.82, 2.24) is 9.88 Å². The normalized spacial score (nSPS) is 21.1. The van der Waals surface area contributed by atoms with Crippen LogP contribution < -0.4 is 10.9 Å². The van der Waals surface area contributed by atoms with E-state index in [9.17, 15) is 4.79 Å². The van der Waals surface area contributed by atoms with E-state index in [1.54, 1.807) is 16.7 Å². The summed E-state index contributed by atoms with van der Waals surface area (Å²) >= 11 is 0. The zero-order valence-electron chi connectivity index (χ0n) is 11.0. The fourth-order valence-electron chi connectivity index (χ4n) is 2.40. The molecular weight excluding hydrogens is 228 g/mol. The van der Waals surface area contributed by atoms with Crippen LogP contribution in [0.1, 0.15) is 19.8 Å². The zero-order valence-corrected chi connectivity index (χ0v) is 11.0. The molecule has 1 saturated heterocycles. The number of rotatable bonds is 6. The molecular formula is C14H22N2O2. The lowest BCUT2D eigenvalue weighted by Crippen LogP contribution is -2.42. The molecule has 1 aromatic rings. The highest BCUT2D eigenvalue weighted by Crippen LogP contribution is 2.17. The Hall–Kier alpha value is -1.13. The standard InChI is InChI=1S/C14H22N2O2/c1-2-7-15-13(12-6-9-18-11-12)10-16-8-4-3-5-14(16)17/h3-5,8,12-13,15H,2,6-7,9-11H2,1H3. The molecule has 1 aromatic heterocycles. The number of aromatic nitrogens is 1. The predicted molar refractivity (Wildman–Crippen MR) is 71.7 cm³/mol. The Morgan fingerprint density at radius 1 is 1.56 bits per heavy atom. The largest absolute Gasteiger partial charge is 0.381 e. The van der Waals surface area contributed by atoms with E-state index in [1.165, 1.54) is 0 Å². The number of nitrogens with one attached hydrogen (secondary N) is 1. The number of hydrogen-bond donors (Lipinski definition) is 1. The van der Waals surface area contributed by atoms with Crippen LogP contribution in [0.5, 0.6) is 0 Å². The first-order valence-electron chi connectivity index (χ1n) is 6.78. The average Bonchev–Trinajstić information content (AvgIpc) is 2.90. The van der Waals surface area contributed by atoms with Crippen LogP contribution in [0.3, 0.4) is 0 Å². The Morgan fingerprint density at radius 2 is 2.44 bits per heavy atom. The van der Waals surface area contributed by atoms with Gasteiger partial charge >= 0.3 is 0 Å². The average molecular weight is 250 g/mol. The molecule has 1 fully saturated rings. The van der Waals surface area contributed by atoms with Crippen LogP contribution in [0.25, 0.3) is 0 Å². The van der Waals surface area contributed by atoms with Crippen molar-refractivity contribution in [1.29, 1.82) is 0 Å². The van der Waals surface area contributed by atoms with Gasteiger partial charge in [0.15, 0.2) is 0 Å². The van der Waals surface area contributed by atoms with Gasteiger partial charge in [0.05, 0.1) is 6.61 Å². The molecule has 4 heteroatoms. The molecule has 0 aromatic carbocycles. The van der Waals surface area contributed by atoms with E-state index in [-0.39, 0.29) is 5.56 Å². The van der Waals surface area contributed by atoms with Gasteiger partial charge < -0.3 is 14.6 Å². The summed E-state index contributed by atoms with van der Waals surface area (Å²) in [5, 5.41) is 3.55. The van der Waals surface area contributed by atoms with Crippen molar-refractivity contribution in [3.8, 4) is 0 Å². The fraction of sp³-hybridized carbons (Fsp3) is 0.643. The third kappa shape index (κ3) is 3.43. The van der Waals surface area contributed by atoms with E-state index < -0.39 is 0 Å². The monoisotopic (exact) mass is 250 g/mol. The lowest BCUT2D eigenvalue weighted by Gasteiger charge is -2.24. The van der Waals surface area contributed by atoms with Crippen LogP contribution in [-0.4, -0.2) is 30.4 Å². The van der Waals surface area contributed by atoms with Gasteiger partial charge in [-0.05, 0) is 25.5 Å². The van der Waals surface area contributed by atoms with Crippen LogP contribution in [0.15, 0.2) is 29.2 Å². The summed E-state index contributed by atoms with van der Waals surface area (Å²) < 4.78 is 7.24. The van der Waals surface area contributed by atoms with E-state index in [2.05, 4.69) is 12.2 Å². The van der Waals surface area contributed by atoms with E-state index in [0.717, 1.165) is 39.1 Å². The highest BCUT2D eigenvalue weighted by molar-refractivity contribution is 4.94. The van der Waals surface area contributed by atoms with Crippen molar-refractivity contribution < 1.29 is 4.74 Å². The van der Waals surface area contributed by atoms with Crippen LogP contribution in [0.4, 0.5) is 0 Å². The summed E-state index contributed by atoms with van der Waals surface area (Å²) in [6.45, 7) is 5.53. The molecule has 0 saturated carbocycles. The lowest BCUT2D eigenvalue weighted by molar-refractivity contribution is 0.173. The SMILES string of the molecule is CCCNC(Cn1ccccc1=O)C1CCOC1. The summed E-state index contributed by atoms with van der Waals surface area (Å²) in [7, 11) is 0. The van der Waals surface area contributed by atoms with Gasteiger partial charge in [0, 0.05) is 37.4 Å². The lowest BCUT2D eigenvalue weighted by atomic mass is 9.98. The first kappa shape index (κ1) is 13.3. The van der Waals surface area contributed by atoms with Gasteiger partial charge in [0.2, 0.25) is 0 Å². The summed E-state index contributed by atoms with van der Waals surface area (Å²) in [5.74, 6) is 0.517. The second-order valence-corrected chi connectivity index (χ2v) is 4.88. The van der Waals surface area contributed by atoms with Crippen molar-refractivity contribution in [3.05, 3.63) is 34.7 Å². The van der Waals surface area contributed by atoms with Crippen molar-refractivity contribution >= 4 is 0 Å². The fourth-order valence-corrected chi connectivity index (χ4v) is 2.40. The minimum Gasteiger partial charge on any atom is -0.381 e. The molecule has 0 aliphatic carbocycles. The van der Waals surface area contributed by atoms with E-state index >= 15 is 0 Å². The molecule has 100 valence electrons. The summed E-state index contributed by atoms with van der Waals surface area (Å²) in [6, 6.07) is 5.63. The molecule has 0 radical (unpaired) electrons. The molecule has 2 unspecified atom stereocenters. The van der Waals surface area contributed by atoms with Gasteiger partial charge in [0.1, 0.15) is 0 Å². The molecule has 0 amide bonds. The van der Waals surface area contributed by atoms with Gasteiger partial charge in [-0.2, -0.15) is 0 Å². The maximum atomic E-state index is 11.7. The predicted octanol–water partition coefficient (Wildman–Crippen LogP) is 1.25. The van der Waals surface area contributed by atoms with Crippen molar-refractivity contribution in [2.24, 2.45) is 5.92 Å². The first-order valence-corrected chi connectivity index (χ1v) is 6.78. The van der Waals surface area contributed by atoms with Crippen molar-refractivity contribution in [3.63, 3.8) is 0 Å². The highest BCUT2D eigenvalue weighted by atomic mass is 16.5. The Kier molecular flexibility index (Phi) is 4.96. The van der Waals surface area contributed by atoms with Crippen LogP contribution >= 0.6 is 0 Å². The van der Waals surface area contributed by atoms with Crippen LogP contribution in [-0.2, 0) is 11.3 Å². The Morgan fingerprint density at radius 3 is 3.11 bits per heavy atom. The molecule has 1 aliphatic heterocycles. The molecule has 0 spiro atoms. The molecule has 1 aliphatic rings. The maximum absolute atomic E-state index is 11.7. The van der Waals surface area contributed by atoms with Crippen LogP contribution in [0.2, 0.25) is 0 Å². The maximum Gasteiger partial charge on any atom is 0.250 e. The van der Waals surface area contributed by atoms with E-state index in [4.69, 9.17) is 4.74 Å². The highest BCUT2D eigenvalue weighted by Gasteiger charge is 2.25. The van der Waals surface area contributed by atoms with Crippen molar-refractivity contribution in [2.75, 3.05) is 19.8 Å². The molecule has 2 heterocycles. The third-order valence-electron chi connectivity index (χ3n) is 3.48. The minimum atomic E-state index is 0.0692. The zero-order chi connectivity index (χ0) is 12.8. The number of ether oxygens (including phenoxy) is 1. The van der Waals surface area contributed by atoms with Gasteiger partial charge in [-0.25, -0.2) is 0 Å². The molecule has 18 heavy (non-hydrogen) atoms. The van der Waals surface area contributed by atoms with Crippen LogP contribution in [0, 0.1) is 5.92 Å². The first-order chi connectivity index (χ1) is 8.81. The Balaban J connectivity index is 2.04. The smallest absolute Gasteiger partial charge is 0.250 e. The van der Waals surface area contributed by atoms with Gasteiger partial charge in [0.25, 0.3) is 5.56 Å². The quantitative estimate of drug-likeness (QED) is 0.826. The summed E-state index contributed by atoms with van der Waals surface area (Å²) in [5.41, 5.74) is 0.0692. The summed E-state index contributed by atoms with van der Waals surface area (Å²) in [4.78, 5) is 11.7. The van der Waals surface area contributed by atoms with E-state index in [1.807, 2.05) is 12.3 Å².